The third-order valence-corrected chi connectivity index (χ3v) is 5.66. The molecule has 0 bridgehead atoms. The van der Waals surface area contributed by atoms with Crippen molar-refractivity contribution in [2.24, 2.45) is 5.16 Å². The summed E-state index contributed by atoms with van der Waals surface area (Å²) in [5.41, 5.74) is 0.518. The highest BCUT2D eigenvalue weighted by Crippen LogP contribution is 2.22. The van der Waals surface area contributed by atoms with Crippen LogP contribution in [0.2, 0.25) is 0 Å². The van der Waals surface area contributed by atoms with E-state index in [-0.39, 0.29) is 16.7 Å². The maximum absolute atomic E-state index is 12.6. The van der Waals surface area contributed by atoms with Crippen LogP contribution in [-0.4, -0.2) is 41.8 Å². The molecule has 0 spiro atoms. The van der Waals surface area contributed by atoms with Crippen LogP contribution in [0.1, 0.15) is 31.2 Å². The summed E-state index contributed by atoms with van der Waals surface area (Å²) >= 11 is 1.04. The van der Waals surface area contributed by atoms with Crippen LogP contribution in [0.25, 0.3) is 0 Å². The number of hydrogen-bond acceptors (Lipinski definition) is 8. The Morgan fingerprint density at radius 3 is 2.54 bits per heavy atom. The molecule has 0 aliphatic heterocycles. The molecule has 8 nitrogen and oxygen atoms in total. The number of hydrogen-bond donors (Lipinski definition) is 1. The Balaban J connectivity index is 1.86. The highest BCUT2D eigenvalue weighted by Gasteiger charge is 2.21. The van der Waals surface area contributed by atoms with E-state index in [1.165, 1.54) is 30.6 Å². The monoisotopic (exact) mass is 394 g/mol. The minimum atomic E-state index is -3.32. The van der Waals surface area contributed by atoms with Crippen molar-refractivity contribution in [2.45, 2.75) is 36.7 Å². The quantitative estimate of drug-likeness (QED) is 0.594. The molecule has 0 saturated heterocycles. The first-order valence-corrected chi connectivity index (χ1v) is 10.7. The number of sulfone groups is 1. The standard InChI is InChI=1S/C16H18N4O4S2/c1-26(22,23)13-8-6-11(7-9-13)14(20-24-12-4-2-3-5-12)15(21)19-16-17-10-18-25-16/h6-10,12H,2-5H2,1H3,(H,17,18,19,21)/b20-14+. The van der Waals surface area contributed by atoms with Gasteiger partial charge >= 0.3 is 0 Å². The molecular weight excluding hydrogens is 376 g/mol. The van der Waals surface area contributed by atoms with Gasteiger partial charge in [0.05, 0.1) is 4.90 Å². The van der Waals surface area contributed by atoms with E-state index >= 15 is 0 Å². The molecule has 1 aromatic heterocycles. The fraction of sp³-hybridized carbons (Fsp3) is 0.375. The summed E-state index contributed by atoms with van der Waals surface area (Å²) < 4.78 is 27.1. The van der Waals surface area contributed by atoms with Gasteiger partial charge in [-0.25, -0.2) is 13.4 Å². The average molecular weight is 394 g/mol. The Bertz CT molecular complexity index is 887. The van der Waals surface area contributed by atoms with Crippen molar-refractivity contribution >= 4 is 38.1 Å². The molecule has 2 aromatic rings. The van der Waals surface area contributed by atoms with Crippen molar-refractivity contribution in [3.05, 3.63) is 36.2 Å². The fourth-order valence-corrected chi connectivity index (χ4v) is 3.65. The van der Waals surface area contributed by atoms with Gasteiger partial charge in [0.2, 0.25) is 5.13 Å². The maximum Gasteiger partial charge on any atom is 0.280 e. The number of carbonyl (C=O) groups is 1. The number of anilines is 1. The van der Waals surface area contributed by atoms with Gasteiger partial charge in [0.1, 0.15) is 12.4 Å². The molecule has 0 radical (unpaired) electrons. The van der Waals surface area contributed by atoms with Gasteiger partial charge in [0.15, 0.2) is 15.5 Å². The Morgan fingerprint density at radius 1 is 1.27 bits per heavy atom. The van der Waals surface area contributed by atoms with E-state index in [2.05, 4.69) is 19.8 Å². The molecule has 1 aliphatic carbocycles. The summed E-state index contributed by atoms with van der Waals surface area (Å²) in [4.78, 5) is 22.2. The molecule has 26 heavy (non-hydrogen) atoms. The molecule has 1 saturated carbocycles. The molecule has 3 rings (SSSR count). The van der Waals surface area contributed by atoms with Crippen molar-refractivity contribution in [1.82, 2.24) is 9.36 Å². The van der Waals surface area contributed by atoms with Crippen LogP contribution in [0.5, 0.6) is 0 Å². The SMILES string of the molecule is CS(=O)(=O)c1ccc(/C(=N\OC2CCCC2)C(=O)Nc2ncns2)cc1. The molecule has 1 fully saturated rings. The lowest BCUT2D eigenvalue weighted by molar-refractivity contribution is -0.110. The Kier molecular flexibility index (Phi) is 5.62. The normalized spacial score (nSPS) is 15.8. The van der Waals surface area contributed by atoms with E-state index in [1.807, 2.05) is 0 Å². The average Bonchev–Trinajstić information content (AvgIpc) is 3.28. The maximum atomic E-state index is 12.6. The molecular formula is C16H18N4O4S2. The van der Waals surface area contributed by atoms with Crippen LogP contribution in [0.15, 0.2) is 40.6 Å². The van der Waals surface area contributed by atoms with E-state index in [0.29, 0.717) is 10.7 Å². The topological polar surface area (TPSA) is 111 Å². The van der Waals surface area contributed by atoms with Crippen LogP contribution in [-0.2, 0) is 19.5 Å². The number of nitrogens with zero attached hydrogens (tertiary/aromatic N) is 3. The fourth-order valence-electron chi connectivity index (χ4n) is 2.59. The first-order chi connectivity index (χ1) is 12.4. The zero-order valence-corrected chi connectivity index (χ0v) is 15.7. The van der Waals surface area contributed by atoms with Crippen LogP contribution < -0.4 is 5.32 Å². The Hall–Kier alpha value is -2.33. The molecule has 0 atom stereocenters. The summed E-state index contributed by atoms with van der Waals surface area (Å²) in [6.45, 7) is 0. The van der Waals surface area contributed by atoms with Crippen LogP contribution in [0, 0.1) is 0 Å². The predicted octanol–water partition coefficient (Wildman–Crippen LogP) is 2.24. The van der Waals surface area contributed by atoms with Crippen molar-refractivity contribution in [2.75, 3.05) is 11.6 Å². The van der Waals surface area contributed by atoms with Crippen molar-refractivity contribution in [1.29, 1.82) is 0 Å². The molecule has 1 heterocycles. The second-order valence-corrected chi connectivity index (χ2v) is 8.74. The zero-order valence-electron chi connectivity index (χ0n) is 14.1. The summed E-state index contributed by atoms with van der Waals surface area (Å²) in [6, 6.07) is 5.95. The van der Waals surface area contributed by atoms with Gasteiger partial charge in [-0.3, -0.25) is 10.1 Å². The zero-order chi connectivity index (χ0) is 18.6. The van der Waals surface area contributed by atoms with Gasteiger partial charge in [-0.15, -0.1) is 0 Å². The Labute approximate surface area is 155 Å². The van der Waals surface area contributed by atoms with Crippen LogP contribution in [0.3, 0.4) is 0 Å². The number of rotatable bonds is 6. The summed E-state index contributed by atoms with van der Waals surface area (Å²) in [5.74, 6) is -0.494. The third kappa shape index (κ3) is 4.64. The van der Waals surface area contributed by atoms with E-state index in [4.69, 9.17) is 4.84 Å². The van der Waals surface area contributed by atoms with E-state index in [0.717, 1.165) is 43.5 Å². The highest BCUT2D eigenvalue weighted by molar-refractivity contribution is 7.90. The predicted molar refractivity (Wildman–Crippen MR) is 98.0 cm³/mol. The van der Waals surface area contributed by atoms with Gasteiger partial charge < -0.3 is 4.84 Å². The molecule has 1 N–H and O–H groups in total. The van der Waals surface area contributed by atoms with Gasteiger partial charge in [0, 0.05) is 23.4 Å². The number of benzene rings is 1. The number of amides is 1. The molecule has 1 aromatic carbocycles. The van der Waals surface area contributed by atoms with Crippen LogP contribution >= 0.6 is 11.5 Å². The van der Waals surface area contributed by atoms with Gasteiger partial charge in [-0.2, -0.15) is 4.37 Å². The lowest BCUT2D eigenvalue weighted by atomic mass is 10.1. The number of carbonyl (C=O) groups excluding carboxylic acids is 1. The highest BCUT2D eigenvalue weighted by atomic mass is 32.2. The van der Waals surface area contributed by atoms with Crippen molar-refractivity contribution < 1.29 is 18.0 Å². The summed E-state index contributed by atoms with van der Waals surface area (Å²) in [6.07, 6.45) is 6.43. The first-order valence-electron chi connectivity index (χ1n) is 8.06. The largest absolute Gasteiger partial charge is 0.392 e. The number of oxime groups is 1. The second-order valence-electron chi connectivity index (χ2n) is 5.95. The number of nitrogens with one attached hydrogen (secondary N) is 1. The van der Waals surface area contributed by atoms with Crippen LogP contribution in [0.4, 0.5) is 5.13 Å². The minimum Gasteiger partial charge on any atom is -0.392 e. The molecule has 0 unspecified atom stereocenters. The summed E-state index contributed by atoms with van der Waals surface area (Å²) in [7, 11) is -3.32. The lowest BCUT2D eigenvalue weighted by Gasteiger charge is -2.10. The molecule has 138 valence electrons. The Morgan fingerprint density at radius 2 is 1.96 bits per heavy atom. The molecule has 1 aliphatic rings. The number of aromatic nitrogens is 2. The van der Waals surface area contributed by atoms with Gasteiger partial charge in [-0.1, -0.05) is 17.3 Å². The van der Waals surface area contributed by atoms with Crippen molar-refractivity contribution in [3.63, 3.8) is 0 Å². The van der Waals surface area contributed by atoms with E-state index < -0.39 is 15.7 Å². The minimum absolute atomic E-state index is 0.00498. The smallest absolute Gasteiger partial charge is 0.280 e. The molecule has 10 heteroatoms. The van der Waals surface area contributed by atoms with E-state index in [9.17, 15) is 13.2 Å². The third-order valence-electron chi connectivity index (χ3n) is 3.95. The van der Waals surface area contributed by atoms with Crippen molar-refractivity contribution in [3.8, 4) is 0 Å². The van der Waals surface area contributed by atoms with Gasteiger partial charge in [0.25, 0.3) is 5.91 Å². The van der Waals surface area contributed by atoms with E-state index in [1.54, 1.807) is 0 Å². The lowest BCUT2D eigenvalue weighted by Crippen LogP contribution is -2.25. The second kappa shape index (κ2) is 7.92. The van der Waals surface area contributed by atoms with Gasteiger partial charge in [-0.05, 0) is 37.8 Å². The summed E-state index contributed by atoms with van der Waals surface area (Å²) in [5, 5.41) is 7.02. The first kappa shape index (κ1) is 18.5. The molecule has 1 amide bonds.